The lowest BCUT2D eigenvalue weighted by molar-refractivity contribution is 0.601. The summed E-state index contributed by atoms with van der Waals surface area (Å²) in [5, 5.41) is 1.75. The summed E-state index contributed by atoms with van der Waals surface area (Å²) in [4.78, 5) is 11.0. The van der Waals surface area contributed by atoms with Gasteiger partial charge in [-0.1, -0.05) is 30.3 Å². The lowest BCUT2D eigenvalue weighted by Crippen LogP contribution is -2.16. The molecule has 2 aromatic carbocycles. The largest absolute Gasteiger partial charge is 0.368 e. The normalized spacial score (nSPS) is 11.5. The first kappa shape index (κ1) is 14.0. The van der Waals surface area contributed by atoms with Crippen LogP contribution in [0, 0.1) is 0 Å². The van der Waals surface area contributed by atoms with Crippen LogP contribution in [-0.4, -0.2) is 23.4 Å². The Morgan fingerprint density at radius 3 is 2.18 bits per heavy atom. The number of fused-ring (bicyclic) bond motifs is 1. The second-order valence-electron chi connectivity index (χ2n) is 4.49. The molecule has 0 spiro atoms. The Bertz CT molecular complexity index is 937. The summed E-state index contributed by atoms with van der Waals surface area (Å²) in [5.74, 6) is -0.550. The third-order valence-electron chi connectivity index (χ3n) is 2.93. The van der Waals surface area contributed by atoms with E-state index in [4.69, 9.17) is 11.5 Å². The number of nitrogens with two attached hydrogens (primary N) is 2. The molecule has 0 saturated carbocycles. The molecule has 8 nitrogen and oxygen atoms in total. The molecule has 1 heterocycles. The number of anilines is 3. The van der Waals surface area contributed by atoms with Gasteiger partial charge in [0.05, 0.1) is 4.90 Å². The molecule has 0 unspecified atom stereocenters. The van der Waals surface area contributed by atoms with Crippen molar-refractivity contribution in [2.45, 2.75) is 4.90 Å². The van der Waals surface area contributed by atoms with E-state index in [1.54, 1.807) is 12.1 Å². The zero-order chi connectivity index (χ0) is 15.7. The Morgan fingerprint density at radius 2 is 1.50 bits per heavy atom. The standard InChI is InChI=1S/C13H12N6O2S/c14-11-16-12(15)18-13(17-11)19-22(20,21)10-6-5-8-3-1-2-4-9(8)7-10/h1-7H,(H5,14,15,16,17,18,19). The predicted octanol–water partition coefficient (Wildman–Crippen LogP) is 0.990. The van der Waals surface area contributed by atoms with Gasteiger partial charge < -0.3 is 11.5 Å². The number of nitrogen functional groups attached to an aromatic ring is 2. The van der Waals surface area contributed by atoms with Gasteiger partial charge in [0.2, 0.25) is 17.8 Å². The summed E-state index contributed by atoms with van der Waals surface area (Å²) in [7, 11) is -3.85. The van der Waals surface area contributed by atoms with E-state index in [-0.39, 0.29) is 22.7 Å². The van der Waals surface area contributed by atoms with Gasteiger partial charge >= 0.3 is 0 Å². The highest BCUT2D eigenvalue weighted by Gasteiger charge is 2.17. The number of hydrogen-bond acceptors (Lipinski definition) is 7. The molecule has 22 heavy (non-hydrogen) atoms. The number of sulfonamides is 1. The molecule has 0 radical (unpaired) electrons. The second kappa shape index (κ2) is 5.11. The highest BCUT2D eigenvalue weighted by atomic mass is 32.2. The van der Waals surface area contributed by atoms with E-state index in [9.17, 15) is 8.42 Å². The van der Waals surface area contributed by atoms with Crippen LogP contribution in [-0.2, 0) is 10.0 Å². The lowest BCUT2D eigenvalue weighted by atomic mass is 10.1. The first-order valence-corrected chi connectivity index (χ1v) is 7.71. The monoisotopic (exact) mass is 316 g/mol. The minimum absolute atomic E-state index is 0.0868. The van der Waals surface area contributed by atoms with Gasteiger partial charge in [0, 0.05) is 0 Å². The minimum Gasteiger partial charge on any atom is -0.368 e. The van der Waals surface area contributed by atoms with Crippen molar-refractivity contribution in [3.05, 3.63) is 42.5 Å². The van der Waals surface area contributed by atoms with E-state index in [1.165, 1.54) is 6.07 Å². The van der Waals surface area contributed by atoms with Crippen LogP contribution >= 0.6 is 0 Å². The molecule has 3 aromatic rings. The molecule has 3 rings (SSSR count). The number of rotatable bonds is 3. The van der Waals surface area contributed by atoms with Crippen molar-refractivity contribution in [2.24, 2.45) is 0 Å². The molecule has 1 aromatic heterocycles. The molecule has 0 bridgehead atoms. The summed E-state index contributed by atoms with van der Waals surface area (Å²) in [6.07, 6.45) is 0. The van der Waals surface area contributed by atoms with Crippen LogP contribution < -0.4 is 16.2 Å². The molecular weight excluding hydrogens is 304 g/mol. The van der Waals surface area contributed by atoms with Gasteiger partial charge in [-0.3, -0.25) is 0 Å². The zero-order valence-electron chi connectivity index (χ0n) is 11.3. The highest BCUT2D eigenvalue weighted by molar-refractivity contribution is 7.92. The van der Waals surface area contributed by atoms with Crippen molar-refractivity contribution in [1.82, 2.24) is 15.0 Å². The molecule has 5 N–H and O–H groups in total. The van der Waals surface area contributed by atoms with Crippen molar-refractivity contribution in [1.29, 1.82) is 0 Å². The van der Waals surface area contributed by atoms with Gasteiger partial charge in [0.25, 0.3) is 10.0 Å². The Kier molecular flexibility index (Phi) is 3.26. The lowest BCUT2D eigenvalue weighted by Gasteiger charge is -2.08. The van der Waals surface area contributed by atoms with E-state index >= 15 is 0 Å². The summed E-state index contributed by atoms with van der Waals surface area (Å²) in [6, 6.07) is 12.2. The Labute approximate surface area is 126 Å². The first-order chi connectivity index (χ1) is 10.4. The van der Waals surface area contributed by atoms with E-state index in [1.807, 2.05) is 24.3 Å². The Hall–Kier alpha value is -2.94. The van der Waals surface area contributed by atoms with Crippen LogP contribution in [0.25, 0.3) is 10.8 Å². The molecule has 0 aliphatic heterocycles. The maximum atomic E-state index is 12.4. The topological polar surface area (TPSA) is 137 Å². The van der Waals surface area contributed by atoms with Gasteiger partial charge in [0.15, 0.2) is 0 Å². The van der Waals surface area contributed by atoms with Gasteiger partial charge in [-0.05, 0) is 22.9 Å². The van der Waals surface area contributed by atoms with E-state index < -0.39 is 10.0 Å². The number of nitrogens with zero attached hydrogens (tertiary/aromatic N) is 3. The second-order valence-corrected chi connectivity index (χ2v) is 6.17. The average Bonchev–Trinajstić information content (AvgIpc) is 2.45. The summed E-state index contributed by atoms with van der Waals surface area (Å²) < 4.78 is 27.0. The Balaban J connectivity index is 2.00. The van der Waals surface area contributed by atoms with Gasteiger partial charge in [-0.2, -0.15) is 15.0 Å². The van der Waals surface area contributed by atoms with E-state index in [0.29, 0.717) is 0 Å². The molecule has 0 aliphatic rings. The fourth-order valence-corrected chi connectivity index (χ4v) is 2.95. The molecule has 0 saturated heterocycles. The van der Waals surface area contributed by atoms with Crippen molar-refractivity contribution in [3.8, 4) is 0 Å². The molecule has 9 heteroatoms. The van der Waals surface area contributed by atoms with Crippen LogP contribution in [0.3, 0.4) is 0 Å². The predicted molar refractivity (Wildman–Crippen MR) is 83.4 cm³/mol. The molecule has 0 amide bonds. The smallest absolute Gasteiger partial charge is 0.264 e. The van der Waals surface area contributed by atoms with Crippen molar-refractivity contribution < 1.29 is 8.42 Å². The minimum atomic E-state index is -3.85. The summed E-state index contributed by atoms with van der Waals surface area (Å²) >= 11 is 0. The zero-order valence-corrected chi connectivity index (χ0v) is 12.1. The average molecular weight is 316 g/mol. The van der Waals surface area contributed by atoms with Crippen LogP contribution in [0.15, 0.2) is 47.4 Å². The molecule has 112 valence electrons. The fourth-order valence-electron chi connectivity index (χ4n) is 1.97. The quantitative estimate of drug-likeness (QED) is 0.655. The molecule has 0 fully saturated rings. The Morgan fingerprint density at radius 1 is 0.864 bits per heavy atom. The van der Waals surface area contributed by atoms with Gasteiger partial charge in [-0.15, -0.1) is 0 Å². The molecule has 0 aliphatic carbocycles. The van der Waals surface area contributed by atoms with Gasteiger partial charge in [0.1, 0.15) is 0 Å². The fraction of sp³-hybridized carbons (Fsp3) is 0. The SMILES string of the molecule is Nc1nc(N)nc(NS(=O)(=O)c2ccc3ccccc3c2)n1. The van der Waals surface area contributed by atoms with Crippen LogP contribution in [0.2, 0.25) is 0 Å². The molecular formula is C13H12N6O2S. The van der Waals surface area contributed by atoms with Gasteiger partial charge in [-0.25, -0.2) is 13.1 Å². The summed E-state index contributed by atoms with van der Waals surface area (Å²) in [6.45, 7) is 0. The van der Waals surface area contributed by atoms with Crippen molar-refractivity contribution >= 4 is 38.6 Å². The van der Waals surface area contributed by atoms with Crippen LogP contribution in [0.5, 0.6) is 0 Å². The van der Waals surface area contributed by atoms with Crippen LogP contribution in [0.1, 0.15) is 0 Å². The first-order valence-electron chi connectivity index (χ1n) is 6.23. The third-order valence-corrected chi connectivity index (χ3v) is 4.25. The number of aromatic nitrogens is 3. The van der Waals surface area contributed by atoms with Crippen molar-refractivity contribution in [2.75, 3.05) is 16.2 Å². The van der Waals surface area contributed by atoms with E-state index in [0.717, 1.165) is 10.8 Å². The number of hydrogen-bond donors (Lipinski definition) is 3. The maximum Gasteiger partial charge on any atom is 0.264 e. The highest BCUT2D eigenvalue weighted by Crippen LogP contribution is 2.20. The maximum absolute atomic E-state index is 12.4. The summed E-state index contributed by atoms with van der Waals surface area (Å²) in [5.41, 5.74) is 10.8. The molecule has 0 atom stereocenters. The van der Waals surface area contributed by atoms with Crippen molar-refractivity contribution in [3.63, 3.8) is 0 Å². The van der Waals surface area contributed by atoms with E-state index in [2.05, 4.69) is 19.7 Å². The number of benzene rings is 2. The third kappa shape index (κ3) is 2.74. The van der Waals surface area contributed by atoms with Crippen LogP contribution in [0.4, 0.5) is 17.8 Å². The number of nitrogens with one attached hydrogen (secondary N) is 1.